The van der Waals surface area contributed by atoms with Crippen LogP contribution in [0.2, 0.25) is 0 Å². The average Bonchev–Trinajstić information content (AvgIpc) is 3.41. The predicted octanol–water partition coefficient (Wildman–Crippen LogP) is 3.09. The third-order valence-electron chi connectivity index (χ3n) is 4.76. The highest BCUT2D eigenvalue weighted by Gasteiger charge is 2.15. The molecule has 1 aromatic carbocycles. The summed E-state index contributed by atoms with van der Waals surface area (Å²) in [6, 6.07) is 10.1. The molecule has 0 spiro atoms. The number of H-pyrrole nitrogens is 1. The first-order chi connectivity index (χ1) is 13.7. The van der Waals surface area contributed by atoms with Gasteiger partial charge in [-0.1, -0.05) is 6.07 Å². The van der Waals surface area contributed by atoms with Gasteiger partial charge in [-0.2, -0.15) is 10.4 Å². The number of likely N-dealkylation sites (tertiary alicyclic amines) is 1. The van der Waals surface area contributed by atoms with Gasteiger partial charge in [-0.15, -0.1) is 0 Å². The van der Waals surface area contributed by atoms with Gasteiger partial charge in [-0.25, -0.2) is 9.97 Å². The van der Waals surface area contributed by atoms with Crippen molar-refractivity contribution in [3.8, 4) is 23.1 Å². The van der Waals surface area contributed by atoms with Gasteiger partial charge in [0.05, 0.1) is 25.2 Å². The number of methoxy groups -OCH3 is 1. The molecule has 2 aromatic heterocycles. The van der Waals surface area contributed by atoms with E-state index in [-0.39, 0.29) is 5.69 Å². The molecule has 1 aliphatic rings. The zero-order valence-corrected chi connectivity index (χ0v) is 15.6. The van der Waals surface area contributed by atoms with E-state index in [0.29, 0.717) is 11.6 Å². The maximum Gasteiger partial charge on any atom is 0.158 e. The minimum absolute atomic E-state index is 0.270. The SMILES string of the molecule is COc1cc(CN2CCCC2)ccc1-c1cc(Nc2cnc(C#N)cn2)n[nH]1. The standard InChI is InChI=1S/C20H21N7O/c1-28-18-8-14(13-27-6-2-3-7-27)4-5-16(18)17-9-19(26-25-17)24-20-12-22-15(10-21)11-23-20/h4-5,8-9,11-12H,2-3,6-7,13H2,1H3,(H2,23,24,25,26). The van der Waals surface area contributed by atoms with Crippen LogP contribution in [-0.2, 0) is 6.54 Å². The van der Waals surface area contributed by atoms with Crippen LogP contribution in [-0.4, -0.2) is 45.3 Å². The van der Waals surface area contributed by atoms with Crippen molar-refractivity contribution in [1.82, 2.24) is 25.1 Å². The van der Waals surface area contributed by atoms with Crippen molar-refractivity contribution in [3.63, 3.8) is 0 Å². The summed E-state index contributed by atoms with van der Waals surface area (Å²) in [5.41, 5.74) is 3.30. The van der Waals surface area contributed by atoms with Crippen LogP contribution in [0.1, 0.15) is 24.1 Å². The molecule has 8 nitrogen and oxygen atoms in total. The maximum absolute atomic E-state index is 8.79. The highest BCUT2D eigenvalue weighted by Crippen LogP contribution is 2.31. The van der Waals surface area contributed by atoms with Crippen molar-refractivity contribution in [3.05, 3.63) is 47.9 Å². The molecule has 0 atom stereocenters. The molecule has 1 fully saturated rings. The molecule has 8 heteroatoms. The number of nitrogens with zero attached hydrogens (tertiary/aromatic N) is 5. The quantitative estimate of drug-likeness (QED) is 0.682. The maximum atomic E-state index is 8.79. The number of rotatable bonds is 6. The summed E-state index contributed by atoms with van der Waals surface area (Å²) in [6.45, 7) is 3.28. The van der Waals surface area contributed by atoms with E-state index in [2.05, 4.69) is 48.6 Å². The molecule has 3 heterocycles. The molecule has 3 aromatic rings. The van der Waals surface area contributed by atoms with Crippen LogP contribution in [0, 0.1) is 11.3 Å². The van der Waals surface area contributed by atoms with Gasteiger partial charge >= 0.3 is 0 Å². The Morgan fingerprint density at radius 3 is 2.75 bits per heavy atom. The third kappa shape index (κ3) is 3.94. The minimum atomic E-state index is 0.270. The number of benzene rings is 1. The zero-order valence-electron chi connectivity index (χ0n) is 15.6. The number of hydrogen-bond acceptors (Lipinski definition) is 7. The lowest BCUT2D eigenvalue weighted by molar-refractivity contribution is 0.330. The van der Waals surface area contributed by atoms with Crippen LogP contribution in [0.15, 0.2) is 36.7 Å². The minimum Gasteiger partial charge on any atom is -0.496 e. The van der Waals surface area contributed by atoms with Gasteiger partial charge < -0.3 is 10.1 Å². The molecule has 4 rings (SSSR count). The Bertz CT molecular complexity index is 985. The summed E-state index contributed by atoms with van der Waals surface area (Å²) < 4.78 is 5.62. The van der Waals surface area contributed by atoms with Crippen LogP contribution in [0.3, 0.4) is 0 Å². The average molecular weight is 375 g/mol. The van der Waals surface area contributed by atoms with Crippen molar-refractivity contribution in [2.75, 3.05) is 25.5 Å². The van der Waals surface area contributed by atoms with E-state index in [1.54, 1.807) is 7.11 Å². The van der Waals surface area contributed by atoms with E-state index >= 15 is 0 Å². The monoisotopic (exact) mass is 375 g/mol. The highest BCUT2D eigenvalue weighted by atomic mass is 16.5. The van der Waals surface area contributed by atoms with Crippen LogP contribution >= 0.6 is 0 Å². The Balaban J connectivity index is 1.51. The van der Waals surface area contributed by atoms with Crippen LogP contribution < -0.4 is 10.1 Å². The van der Waals surface area contributed by atoms with Crippen molar-refractivity contribution in [2.45, 2.75) is 19.4 Å². The molecular weight excluding hydrogens is 354 g/mol. The fraction of sp³-hybridized carbons (Fsp3) is 0.300. The topological polar surface area (TPSA) is 103 Å². The Kier molecular flexibility index (Phi) is 5.17. The number of anilines is 2. The number of ether oxygens (including phenoxy) is 1. The Morgan fingerprint density at radius 1 is 1.18 bits per heavy atom. The lowest BCUT2D eigenvalue weighted by Crippen LogP contribution is -2.18. The van der Waals surface area contributed by atoms with Crippen molar-refractivity contribution in [1.29, 1.82) is 5.26 Å². The van der Waals surface area contributed by atoms with Gasteiger partial charge in [-0.05, 0) is 43.6 Å². The Labute approximate surface area is 163 Å². The van der Waals surface area contributed by atoms with Gasteiger partial charge in [0, 0.05) is 18.2 Å². The summed E-state index contributed by atoms with van der Waals surface area (Å²) in [4.78, 5) is 10.6. The zero-order chi connectivity index (χ0) is 19.3. The third-order valence-corrected chi connectivity index (χ3v) is 4.76. The van der Waals surface area contributed by atoms with Crippen LogP contribution in [0.4, 0.5) is 11.6 Å². The summed E-state index contributed by atoms with van der Waals surface area (Å²) >= 11 is 0. The highest BCUT2D eigenvalue weighted by molar-refractivity contribution is 5.71. The number of nitriles is 1. The molecule has 0 bridgehead atoms. The summed E-state index contributed by atoms with van der Waals surface area (Å²) in [5, 5.41) is 19.2. The van der Waals surface area contributed by atoms with Gasteiger partial charge in [0.25, 0.3) is 0 Å². The predicted molar refractivity (Wildman–Crippen MR) is 105 cm³/mol. The summed E-state index contributed by atoms with van der Waals surface area (Å²) in [6.07, 6.45) is 5.48. The van der Waals surface area contributed by atoms with Crippen LogP contribution in [0.5, 0.6) is 5.75 Å². The first kappa shape index (κ1) is 17.9. The van der Waals surface area contributed by atoms with E-state index in [1.807, 2.05) is 12.1 Å². The molecular formula is C20H21N7O. The molecule has 28 heavy (non-hydrogen) atoms. The van der Waals surface area contributed by atoms with E-state index in [9.17, 15) is 0 Å². The van der Waals surface area contributed by atoms with E-state index in [1.165, 1.54) is 30.8 Å². The van der Waals surface area contributed by atoms with Crippen LogP contribution in [0.25, 0.3) is 11.3 Å². The lowest BCUT2D eigenvalue weighted by Gasteiger charge is -2.16. The van der Waals surface area contributed by atoms with E-state index < -0.39 is 0 Å². The fourth-order valence-electron chi connectivity index (χ4n) is 3.36. The molecule has 2 N–H and O–H groups in total. The molecule has 0 unspecified atom stereocenters. The Hall–Kier alpha value is -3.44. The number of hydrogen-bond donors (Lipinski definition) is 2. The van der Waals surface area contributed by atoms with Gasteiger partial charge in [-0.3, -0.25) is 10.00 Å². The van der Waals surface area contributed by atoms with Crippen molar-refractivity contribution >= 4 is 11.6 Å². The normalized spacial score (nSPS) is 14.0. The largest absolute Gasteiger partial charge is 0.496 e. The second kappa shape index (κ2) is 8.06. The van der Waals surface area contributed by atoms with Gasteiger partial charge in [0.2, 0.25) is 0 Å². The second-order valence-corrected chi connectivity index (χ2v) is 6.71. The summed E-state index contributed by atoms with van der Waals surface area (Å²) in [5.74, 6) is 1.94. The smallest absolute Gasteiger partial charge is 0.158 e. The molecule has 0 radical (unpaired) electrons. The first-order valence-electron chi connectivity index (χ1n) is 9.19. The molecule has 0 amide bonds. The lowest BCUT2D eigenvalue weighted by atomic mass is 10.1. The molecule has 142 valence electrons. The molecule has 1 saturated heterocycles. The first-order valence-corrected chi connectivity index (χ1v) is 9.19. The number of aromatic nitrogens is 4. The fourth-order valence-corrected chi connectivity index (χ4v) is 3.36. The molecule has 0 aliphatic carbocycles. The molecule has 0 saturated carbocycles. The van der Waals surface area contributed by atoms with Crippen molar-refractivity contribution < 1.29 is 4.74 Å². The summed E-state index contributed by atoms with van der Waals surface area (Å²) in [7, 11) is 1.68. The Morgan fingerprint density at radius 2 is 2.04 bits per heavy atom. The molecule has 1 aliphatic heterocycles. The van der Waals surface area contributed by atoms with Gasteiger partial charge in [0.15, 0.2) is 11.5 Å². The van der Waals surface area contributed by atoms with E-state index in [0.717, 1.165) is 36.6 Å². The van der Waals surface area contributed by atoms with E-state index in [4.69, 9.17) is 10.00 Å². The number of aromatic amines is 1. The van der Waals surface area contributed by atoms with Crippen molar-refractivity contribution in [2.24, 2.45) is 0 Å². The van der Waals surface area contributed by atoms with Gasteiger partial charge in [0.1, 0.15) is 17.6 Å². The second-order valence-electron chi connectivity index (χ2n) is 6.71. The number of nitrogens with one attached hydrogen (secondary N) is 2.